The molecule has 0 bridgehead atoms. The Morgan fingerprint density at radius 1 is 1.21 bits per heavy atom. The van der Waals surface area contributed by atoms with E-state index in [2.05, 4.69) is 20.6 Å². The van der Waals surface area contributed by atoms with Crippen LogP contribution in [0.3, 0.4) is 0 Å². The highest BCUT2D eigenvalue weighted by molar-refractivity contribution is 7.92. The molecule has 4 rings (SSSR count). The van der Waals surface area contributed by atoms with Gasteiger partial charge in [-0.05, 0) is 30.5 Å². The van der Waals surface area contributed by atoms with Crippen LogP contribution in [-0.2, 0) is 17.4 Å². The van der Waals surface area contributed by atoms with Gasteiger partial charge in [-0.3, -0.25) is 4.79 Å². The van der Waals surface area contributed by atoms with Crippen LogP contribution in [0.1, 0.15) is 46.3 Å². The van der Waals surface area contributed by atoms with Crippen LogP contribution in [-0.4, -0.2) is 52.4 Å². The summed E-state index contributed by atoms with van der Waals surface area (Å²) in [5, 5.41) is 5.38. The zero-order chi connectivity index (χ0) is 27.4. The lowest BCUT2D eigenvalue weighted by Gasteiger charge is -2.21. The highest BCUT2D eigenvalue weighted by atomic mass is 32.2. The standard InChI is InChI=1S/C27H30F3N5O2S/c1-17-8-10-19(11-9-17)18(2)14-32-25(36)21-15-33-26(31-3)34-24(21)35-13-12-20(16-35)38(37)23-7-5-4-6-22(23)27(28,29)30/h4-11,15,18,20,37H,12-14,16H2,1-3H3,(H-,31,32,33,34,36)/p+1/t18?,20-,38?/m0/s1. The number of amides is 1. The van der Waals surface area contributed by atoms with Crippen molar-refractivity contribution in [1.82, 2.24) is 15.3 Å². The normalized spacial score (nSPS) is 17.2. The number of hydrogen-bond acceptors (Lipinski definition) is 6. The van der Waals surface area contributed by atoms with Crippen LogP contribution in [0.25, 0.3) is 0 Å². The number of halogens is 3. The molecule has 1 aliphatic rings. The average molecular weight is 547 g/mol. The molecule has 2 heterocycles. The molecule has 2 unspecified atom stereocenters. The molecule has 38 heavy (non-hydrogen) atoms. The molecule has 1 aliphatic heterocycles. The van der Waals surface area contributed by atoms with Gasteiger partial charge in [0.1, 0.15) is 16.9 Å². The molecule has 3 N–H and O–H groups in total. The first kappa shape index (κ1) is 27.7. The Labute approximate surface area is 223 Å². The zero-order valence-corrected chi connectivity index (χ0v) is 22.2. The quantitative estimate of drug-likeness (QED) is 0.341. The van der Waals surface area contributed by atoms with Crippen molar-refractivity contribution in [2.24, 2.45) is 0 Å². The first-order valence-corrected chi connectivity index (χ1v) is 13.6. The van der Waals surface area contributed by atoms with E-state index in [-0.39, 0.29) is 28.8 Å². The van der Waals surface area contributed by atoms with Crippen molar-refractivity contribution in [3.63, 3.8) is 0 Å². The van der Waals surface area contributed by atoms with Gasteiger partial charge in [-0.15, -0.1) is 0 Å². The minimum Gasteiger partial charge on any atom is -0.357 e. The van der Waals surface area contributed by atoms with Gasteiger partial charge in [-0.1, -0.05) is 48.9 Å². The Morgan fingerprint density at radius 3 is 2.61 bits per heavy atom. The van der Waals surface area contributed by atoms with Crippen LogP contribution in [0, 0.1) is 6.92 Å². The molecule has 1 aromatic heterocycles. The van der Waals surface area contributed by atoms with Gasteiger partial charge in [0.05, 0.1) is 6.54 Å². The fraction of sp³-hybridized carbons (Fsp3) is 0.370. The van der Waals surface area contributed by atoms with E-state index in [1.807, 2.05) is 43.0 Å². The number of benzene rings is 2. The highest BCUT2D eigenvalue weighted by Crippen LogP contribution is 2.37. The molecular formula is C27H31F3N5O2S+. The number of aryl methyl sites for hydroxylation is 1. The van der Waals surface area contributed by atoms with Gasteiger partial charge < -0.3 is 15.5 Å². The van der Waals surface area contributed by atoms with Gasteiger partial charge in [-0.25, -0.2) is 4.98 Å². The number of nitrogens with zero attached hydrogens (tertiary/aromatic N) is 3. The van der Waals surface area contributed by atoms with Gasteiger partial charge in [0.2, 0.25) is 10.8 Å². The Bertz CT molecular complexity index is 1270. The second-order valence-electron chi connectivity index (χ2n) is 9.37. The maximum Gasteiger partial charge on any atom is 0.421 e. The fourth-order valence-electron chi connectivity index (χ4n) is 4.41. The lowest BCUT2D eigenvalue weighted by atomic mass is 10.00. The van der Waals surface area contributed by atoms with E-state index in [0.717, 1.165) is 17.2 Å². The Morgan fingerprint density at radius 2 is 1.92 bits per heavy atom. The SMILES string of the molecule is CNc1ncc(C(=O)NCC(C)c2ccc(C)cc2)c(N2CC[C@H]([S+](O)c3ccccc3C(F)(F)F)C2)n1. The lowest BCUT2D eigenvalue weighted by molar-refractivity contribution is -0.139. The summed E-state index contributed by atoms with van der Waals surface area (Å²) in [6, 6.07) is 13.3. The zero-order valence-electron chi connectivity index (χ0n) is 21.4. The number of rotatable bonds is 8. The number of hydrogen-bond donors (Lipinski definition) is 3. The van der Waals surface area contributed by atoms with Crippen molar-refractivity contribution < 1.29 is 22.5 Å². The molecule has 1 fully saturated rings. The highest BCUT2D eigenvalue weighted by Gasteiger charge is 2.45. The minimum atomic E-state index is -4.56. The average Bonchev–Trinajstić information content (AvgIpc) is 3.41. The number of anilines is 2. The number of carbonyl (C=O) groups excluding carboxylic acids is 1. The monoisotopic (exact) mass is 546 g/mol. The summed E-state index contributed by atoms with van der Waals surface area (Å²) in [6.07, 6.45) is -2.65. The summed E-state index contributed by atoms with van der Waals surface area (Å²) in [6.45, 7) is 5.14. The molecule has 0 aliphatic carbocycles. The molecule has 0 saturated carbocycles. The first-order chi connectivity index (χ1) is 18.1. The van der Waals surface area contributed by atoms with Crippen LogP contribution in [0.2, 0.25) is 0 Å². The molecule has 1 saturated heterocycles. The summed E-state index contributed by atoms with van der Waals surface area (Å²) in [4.78, 5) is 23.6. The number of nitrogens with one attached hydrogen (secondary N) is 2. The van der Waals surface area contributed by atoms with Crippen LogP contribution in [0.5, 0.6) is 0 Å². The fourth-order valence-corrected chi connectivity index (χ4v) is 6.05. The summed E-state index contributed by atoms with van der Waals surface area (Å²) >= 11 is -1.64. The summed E-state index contributed by atoms with van der Waals surface area (Å²) < 4.78 is 51.6. The third-order valence-electron chi connectivity index (χ3n) is 6.63. The van der Waals surface area contributed by atoms with E-state index < -0.39 is 28.2 Å². The number of alkyl halides is 3. The van der Waals surface area contributed by atoms with Gasteiger partial charge in [0, 0.05) is 32.8 Å². The van der Waals surface area contributed by atoms with Crippen molar-refractivity contribution in [3.8, 4) is 0 Å². The molecule has 0 spiro atoms. The third kappa shape index (κ3) is 6.21. The lowest BCUT2D eigenvalue weighted by Crippen LogP contribution is -2.32. The van der Waals surface area contributed by atoms with Crippen molar-refractivity contribution in [2.75, 3.05) is 36.9 Å². The third-order valence-corrected chi connectivity index (χ3v) is 8.45. The molecule has 2 aromatic carbocycles. The van der Waals surface area contributed by atoms with Gasteiger partial charge in [-0.2, -0.15) is 22.7 Å². The van der Waals surface area contributed by atoms with Crippen LogP contribution in [0.15, 0.2) is 59.6 Å². The Balaban J connectivity index is 1.51. The molecule has 3 aromatic rings. The van der Waals surface area contributed by atoms with E-state index in [0.29, 0.717) is 31.3 Å². The molecule has 11 heteroatoms. The van der Waals surface area contributed by atoms with E-state index in [1.165, 1.54) is 24.4 Å². The number of carbonyl (C=O) groups is 1. The summed E-state index contributed by atoms with van der Waals surface area (Å²) in [7, 11) is 1.66. The molecule has 0 radical (unpaired) electrons. The number of aromatic nitrogens is 2. The van der Waals surface area contributed by atoms with E-state index in [1.54, 1.807) is 7.05 Å². The smallest absolute Gasteiger partial charge is 0.357 e. The first-order valence-electron chi connectivity index (χ1n) is 12.3. The second-order valence-corrected chi connectivity index (χ2v) is 11.1. The Hall–Kier alpha value is -3.31. The molecule has 7 nitrogen and oxygen atoms in total. The minimum absolute atomic E-state index is 0.0849. The predicted molar refractivity (Wildman–Crippen MR) is 144 cm³/mol. The van der Waals surface area contributed by atoms with E-state index in [9.17, 15) is 22.5 Å². The van der Waals surface area contributed by atoms with Crippen LogP contribution < -0.4 is 15.5 Å². The largest absolute Gasteiger partial charge is 0.421 e. The van der Waals surface area contributed by atoms with E-state index in [4.69, 9.17) is 0 Å². The summed E-state index contributed by atoms with van der Waals surface area (Å²) in [5.41, 5.74) is 1.71. The van der Waals surface area contributed by atoms with Crippen LogP contribution in [0.4, 0.5) is 24.9 Å². The van der Waals surface area contributed by atoms with Crippen molar-refractivity contribution in [2.45, 2.75) is 42.5 Å². The van der Waals surface area contributed by atoms with Crippen molar-refractivity contribution in [1.29, 1.82) is 0 Å². The maximum atomic E-state index is 13.5. The molecule has 3 atom stereocenters. The maximum absolute atomic E-state index is 13.5. The van der Waals surface area contributed by atoms with Gasteiger partial charge >= 0.3 is 6.18 Å². The second kappa shape index (κ2) is 11.6. The van der Waals surface area contributed by atoms with Crippen molar-refractivity contribution >= 4 is 28.8 Å². The van der Waals surface area contributed by atoms with E-state index >= 15 is 0 Å². The van der Waals surface area contributed by atoms with Crippen LogP contribution >= 0.6 is 0 Å². The topological polar surface area (TPSA) is 90.4 Å². The molecule has 1 amide bonds. The Kier molecular flexibility index (Phi) is 8.47. The van der Waals surface area contributed by atoms with Gasteiger partial charge in [0.25, 0.3) is 5.91 Å². The van der Waals surface area contributed by atoms with Gasteiger partial charge in [0.15, 0.2) is 16.4 Å². The van der Waals surface area contributed by atoms with Crippen molar-refractivity contribution in [3.05, 3.63) is 77.0 Å². The summed E-state index contributed by atoms with van der Waals surface area (Å²) in [5.74, 6) is 0.448. The molecular weight excluding hydrogens is 515 g/mol. The molecule has 202 valence electrons. The predicted octanol–water partition coefficient (Wildman–Crippen LogP) is 5.11.